The second-order valence-corrected chi connectivity index (χ2v) is 5.51. The second-order valence-electron chi connectivity index (χ2n) is 4.89. The minimum atomic E-state index is -0.484. The molecule has 0 aliphatic heterocycles. The molecule has 0 radical (unpaired) electrons. The van der Waals surface area contributed by atoms with Gasteiger partial charge in [0.05, 0.1) is 0 Å². The van der Waals surface area contributed by atoms with E-state index in [2.05, 4.69) is 0 Å². The molecule has 17 heavy (non-hydrogen) atoms. The number of alkyl halides is 1. The highest BCUT2D eigenvalue weighted by molar-refractivity contribution is 6.20. The summed E-state index contributed by atoms with van der Waals surface area (Å²) in [5.41, 5.74) is 0.130. The minimum Gasteiger partial charge on any atom is -0.207 e. The van der Waals surface area contributed by atoms with Crippen molar-refractivity contribution in [1.82, 2.24) is 0 Å². The topological polar surface area (TPSA) is 0 Å². The van der Waals surface area contributed by atoms with Crippen molar-refractivity contribution in [2.45, 2.75) is 43.9 Å². The van der Waals surface area contributed by atoms with Crippen LogP contribution < -0.4 is 0 Å². The van der Waals surface area contributed by atoms with Crippen LogP contribution in [-0.2, 0) is 6.42 Å². The smallest absolute Gasteiger partial charge is 0.129 e. The van der Waals surface area contributed by atoms with Crippen LogP contribution in [0.15, 0.2) is 18.2 Å². The Morgan fingerprint density at radius 1 is 1.18 bits per heavy atom. The van der Waals surface area contributed by atoms with Gasteiger partial charge in [0, 0.05) is 10.9 Å². The fourth-order valence-corrected chi connectivity index (χ4v) is 3.05. The van der Waals surface area contributed by atoms with Gasteiger partial charge < -0.3 is 0 Å². The van der Waals surface area contributed by atoms with Crippen molar-refractivity contribution in [3.8, 4) is 0 Å². The molecule has 1 aromatic rings. The summed E-state index contributed by atoms with van der Waals surface area (Å²) in [6.45, 7) is 0. The van der Waals surface area contributed by atoms with Crippen LogP contribution in [0.1, 0.15) is 37.7 Å². The zero-order valence-corrected chi connectivity index (χ0v) is 10.5. The largest absolute Gasteiger partial charge is 0.207 e. The molecule has 1 aliphatic carbocycles. The molecule has 0 spiro atoms. The Morgan fingerprint density at radius 2 is 1.76 bits per heavy atom. The van der Waals surface area contributed by atoms with E-state index in [9.17, 15) is 8.78 Å². The van der Waals surface area contributed by atoms with Gasteiger partial charge in [-0.3, -0.25) is 0 Å². The van der Waals surface area contributed by atoms with Crippen molar-refractivity contribution in [2.24, 2.45) is 5.92 Å². The number of benzene rings is 1. The quantitative estimate of drug-likeness (QED) is 0.687. The molecule has 1 unspecified atom stereocenters. The first-order valence-electron chi connectivity index (χ1n) is 6.23. The van der Waals surface area contributed by atoms with Gasteiger partial charge in [-0.2, -0.15) is 0 Å². The summed E-state index contributed by atoms with van der Waals surface area (Å²) in [6, 6.07) is 3.96. The maximum absolute atomic E-state index is 13.4. The van der Waals surface area contributed by atoms with Crippen LogP contribution in [0, 0.1) is 17.6 Å². The molecular formula is C14H17ClF2. The van der Waals surface area contributed by atoms with Gasteiger partial charge in [-0.15, -0.1) is 11.6 Å². The fourth-order valence-electron chi connectivity index (χ4n) is 2.64. The third-order valence-electron chi connectivity index (χ3n) is 3.55. The Kier molecular flexibility index (Phi) is 4.38. The molecule has 3 heteroatoms. The maximum atomic E-state index is 13.4. The summed E-state index contributed by atoms with van der Waals surface area (Å²) in [5.74, 6) is -0.323. The molecule has 0 aromatic heterocycles. The number of halogens is 3. The first kappa shape index (κ1) is 12.8. The van der Waals surface area contributed by atoms with E-state index < -0.39 is 11.6 Å². The molecule has 1 atom stereocenters. The highest BCUT2D eigenvalue weighted by Gasteiger charge is 2.21. The number of hydrogen-bond acceptors (Lipinski definition) is 0. The van der Waals surface area contributed by atoms with Crippen LogP contribution in [0.3, 0.4) is 0 Å². The molecule has 1 aromatic carbocycles. The van der Waals surface area contributed by atoms with Crippen molar-refractivity contribution in [1.29, 1.82) is 0 Å². The third-order valence-corrected chi connectivity index (χ3v) is 3.88. The average molecular weight is 259 g/mol. The van der Waals surface area contributed by atoms with Crippen molar-refractivity contribution in [3.05, 3.63) is 35.4 Å². The number of rotatable bonds is 4. The molecule has 0 N–H and O–H groups in total. The molecule has 0 nitrogen and oxygen atoms in total. The Labute approximate surface area is 106 Å². The van der Waals surface area contributed by atoms with Crippen LogP contribution in [0.5, 0.6) is 0 Å². The zero-order valence-electron chi connectivity index (χ0n) is 9.76. The molecule has 1 aliphatic rings. The van der Waals surface area contributed by atoms with Crippen molar-refractivity contribution < 1.29 is 8.78 Å². The summed E-state index contributed by atoms with van der Waals surface area (Å²) in [5, 5.41) is -0.163. The monoisotopic (exact) mass is 258 g/mol. The van der Waals surface area contributed by atoms with E-state index in [1.807, 2.05) is 0 Å². The molecule has 0 amide bonds. The van der Waals surface area contributed by atoms with Crippen LogP contribution in [0.25, 0.3) is 0 Å². The summed E-state index contributed by atoms with van der Waals surface area (Å²) in [4.78, 5) is 0. The highest BCUT2D eigenvalue weighted by Crippen LogP contribution is 2.31. The lowest BCUT2D eigenvalue weighted by atomic mass is 9.97. The third kappa shape index (κ3) is 3.41. The first-order chi connectivity index (χ1) is 8.16. The summed E-state index contributed by atoms with van der Waals surface area (Å²) in [6.07, 6.45) is 6.11. The van der Waals surface area contributed by atoms with Gasteiger partial charge in [-0.05, 0) is 30.9 Å². The normalized spacial score (nSPS) is 18.5. The van der Waals surface area contributed by atoms with E-state index >= 15 is 0 Å². The lowest BCUT2D eigenvalue weighted by Gasteiger charge is -2.15. The van der Waals surface area contributed by atoms with Gasteiger partial charge >= 0.3 is 0 Å². The molecule has 0 heterocycles. The van der Waals surface area contributed by atoms with Gasteiger partial charge in [0.25, 0.3) is 0 Å². The Bertz CT molecular complexity index is 352. The van der Waals surface area contributed by atoms with E-state index in [1.165, 1.54) is 43.9 Å². The zero-order chi connectivity index (χ0) is 12.3. The summed E-state index contributed by atoms with van der Waals surface area (Å²) in [7, 11) is 0. The lowest BCUT2D eigenvalue weighted by molar-refractivity contribution is 0.477. The van der Waals surface area contributed by atoms with E-state index in [0.717, 1.165) is 6.42 Å². The van der Waals surface area contributed by atoms with E-state index in [1.54, 1.807) is 0 Å². The Balaban J connectivity index is 1.95. The molecule has 1 fully saturated rings. The standard InChI is InChI=1S/C14H17ClF2/c15-11(8-10-4-1-2-5-10)9-12-13(16)6-3-7-14(12)17/h3,6-7,10-11H,1-2,4-5,8-9H2. The number of hydrogen-bond donors (Lipinski definition) is 0. The average Bonchev–Trinajstić information content (AvgIpc) is 2.76. The Hall–Kier alpha value is -0.630. The Morgan fingerprint density at radius 3 is 2.35 bits per heavy atom. The predicted molar refractivity (Wildman–Crippen MR) is 66.3 cm³/mol. The SMILES string of the molecule is Fc1cccc(F)c1CC(Cl)CC1CCCC1. The molecule has 2 rings (SSSR count). The lowest BCUT2D eigenvalue weighted by Crippen LogP contribution is -2.11. The van der Waals surface area contributed by atoms with Crippen LogP contribution >= 0.6 is 11.6 Å². The molecule has 94 valence electrons. The van der Waals surface area contributed by atoms with Gasteiger partial charge in [-0.25, -0.2) is 8.78 Å². The van der Waals surface area contributed by atoms with E-state index in [0.29, 0.717) is 5.92 Å². The van der Waals surface area contributed by atoms with E-state index in [4.69, 9.17) is 11.6 Å². The minimum absolute atomic E-state index is 0.130. The summed E-state index contributed by atoms with van der Waals surface area (Å²) >= 11 is 6.21. The van der Waals surface area contributed by atoms with Gasteiger partial charge in [-0.1, -0.05) is 31.7 Å². The predicted octanol–water partition coefficient (Wildman–Crippen LogP) is 4.70. The second kappa shape index (κ2) is 5.81. The van der Waals surface area contributed by atoms with Crippen molar-refractivity contribution in [2.75, 3.05) is 0 Å². The molecular weight excluding hydrogens is 242 g/mol. The molecule has 1 saturated carbocycles. The summed E-state index contributed by atoms with van der Waals surface area (Å²) < 4.78 is 26.9. The van der Waals surface area contributed by atoms with Gasteiger partial charge in [0.2, 0.25) is 0 Å². The molecule has 0 bridgehead atoms. The van der Waals surface area contributed by atoms with Crippen molar-refractivity contribution >= 4 is 11.6 Å². The van der Waals surface area contributed by atoms with Gasteiger partial charge in [0.15, 0.2) is 0 Å². The highest BCUT2D eigenvalue weighted by atomic mass is 35.5. The maximum Gasteiger partial charge on any atom is 0.129 e. The van der Waals surface area contributed by atoms with Crippen LogP contribution in [0.2, 0.25) is 0 Å². The van der Waals surface area contributed by atoms with Crippen LogP contribution in [-0.4, -0.2) is 5.38 Å². The van der Waals surface area contributed by atoms with Gasteiger partial charge in [0.1, 0.15) is 11.6 Å². The first-order valence-corrected chi connectivity index (χ1v) is 6.67. The fraction of sp³-hybridized carbons (Fsp3) is 0.571. The molecule has 0 saturated heterocycles. The van der Waals surface area contributed by atoms with E-state index in [-0.39, 0.29) is 17.4 Å². The van der Waals surface area contributed by atoms with Crippen molar-refractivity contribution in [3.63, 3.8) is 0 Å². The van der Waals surface area contributed by atoms with Crippen LogP contribution in [0.4, 0.5) is 8.78 Å².